The number of fused-ring (bicyclic) bond motifs is 1. The molecule has 1 aromatic carbocycles. The molecule has 0 aliphatic heterocycles. The van der Waals surface area contributed by atoms with Gasteiger partial charge in [-0.25, -0.2) is 14.4 Å². The van der Waals surface area contributed by atoms with Gasteiger partial charge in [0.25, 0.3) is 5.56 Å². The molecule has 0 fully saturated rings. The SMILES string of the molecule is COC(=O)Cn1c(Cl)nc2ccc(-c3ccc(F)cc3)nc2c1=O. The molecule has 0 N–H and O–H groups in total. The van der Waals surface area contributed by atoms with E-state index in [4.69, 9.17) is 11.6 Å². The average molecular weight is 348 g/mol. The van der Waals surface area contributed by atoms with Crippen LogP contribution in [0.4, 0.5) is 4.39 Å². The largest absolute Gasteiger partial charge is 0.468 e. The fourth-order valence-electron chi connectivity index (χ4n) is 2.18. The molecule has 0 spiro atoms. The summed E-state index contributed by atoms with van der Waals surface area (Å²) in [6.07, 6.45) is 0. The van der Waals surface area contributed by atoms with Crippen molar-refractivity contribution >= 4 is 28.6 Å². The molecule has 3 aromatic rings. The first-order valence-corrected chi connectivity index (χ1v) is 7.27. The van der Waals surface area contributed by atoms with E-state index in [0.29, 0.717) is 16.8 Å². The van der Waals surface area contributed by atoms with Crippen molar-refractivity contribution in [2.45, 2.75) is 6.54 Å². The number of methoxy groups -OCH3 is 1. The van der Waals surface area contributed by atoms with E-state index in [1.54, 1.807) is 24.3 Å². The highest BCUT2D eigenvalue weighted by atomic mass is 35.5. The van der Waals surface area contributed by atoms with E-state index in [0.717, 1.165) is 4.57 Å². The molecule has 24 heavy (non-hydrogen) atoms. The maximum atomic E-state index is 13.0. The number of hydrogen-bond donors (Lipinski definition) is 0. The van der Waals surface area contributed by atoms with Crippen LogP contribution in [0.3, 0.4) is 0 Å². The second kappa shape index (κ2) is 6.37. The first-order valence-electron chi connectivity index (χ1n) is 6.89. The lowest BCUT2D eigenvalue weighted by atomic mass is 10.1. The van der Waals surface area contributed by atoms with Gasteiger partial charge in [0.2, 0.25) is 5.28 Å². The summed E-state index contributed by atoms with van der Waals surface area (Å²) in [5.74, 6) is -0.997. The van der Waals surface area contributed by atoms with Crippen LogP contribution in [0, 0.1) is 5.82 Å². The monoisotopic (exact) mass is 347 g/mol. The molecule has 6 nitrogen and oxygen atoms in total. The van der Waals surface area contributed by atoms with Gasteiger partial charge in [0.15, 0.2) is 5.52 Å². The van der Waals surface area contributed by atoms with Crippen LogP contribution in [-0.4, -0.2) is 27.6 Å². The van der Waals surface area contributed by atoms with Gasteiger partial charge in [0.1, 0.15) is 12.4 Å². The first kappa shape index (κ1) is 16.1. The van der Waals surface area contributed by atoms with E-state index < -0.39 is 11.5 Å². The number of nitrogens with zero attached hydrogens (tertiary/aromatic N) is 3. The molecular weight excluding hydrogens is 337 g/mol. The number of carbonyl (C=O) groups excluding carboxylic acids is 1. The second-order valence-corrected chi connectivity index (χ2v) is 5.26. The van der Waals surface area contributed by atoms with E-state index in [1.807, 2.05) is 0 Å². The van der Waals surface area contributed by atoms with Gasteiger partial charge in [-0.3, -0.25) is 14.2 Å². The zero-order valence-electron chi connectivity index (χ0n) is 12.5. The van der Waals surface area contributed by atoms with Crippen LogP contribution in [0.15, 0.2) is 41.2 Å². The number of aromatic nitrogens is 3. The molecule has 2 heterocycles. The summed E-state index contributed by atoms with van der Waals surface area (Å²) in [6, 6.07) is 8.97. The zero-order chi connectivity index (χ0) is 17.3. The van der Waals surface area contributed by atoms with Gasteiger partial charge < -0.3 is 4.74 Å². The highest BCUT2D eigenvalue weighted by Gasteiger charge is 2.14. The molecular formula is C16H11ClFN3O3. The molecule has 0 atom stereocenters. The number of rotatable bonds is 3. The Morgan fingerprint density at radius 3 is 2.58 bits per heavy atom. The van der Waals surface area contributed by atoms with Gasteiger partial charge in [0, 0.05) is 5.56 Å². The Morgan fingerprint density at radius 2 is 1.92 bits per heavy atom. The van der Waals surface area contributed by atoms with Gasteiger partial charge in [-0.15, -0.1) is 0 Å². The van der Waals surface area contributed by atoms with Crippen molar-refractivity contribution in [3.05, 3.63) is 57.9 Å². The number of carbonyl (C=O) groups is 1. The minimum absolute atomic E-state index is 0.0603. The number of hydrogen-bond acceptors (Lipinski definition) is 5. The molecule has 3 rings (SSSR count). The van der Waals surface area contributed by atoms with E-state index >= 15 is 0 Å². The number of esters is 1. The van der Waals surface area contributed by atoms with E-state index in [-0.39, 0.29) is 23.2 Å². The van der Waals surface area contributed by atoms with Crippen LogP contribution in [0.25, 0.3) is 22.3 Å². The third kappa shape index (κ3) is 2.98. The summed E-state index contributed by atoms with van der Waals surface area (Å²) in [5.41, 5.74) is 0.932. The molecule has 0 aliphatic carbocycles. The second-order valence-electron chi connectivity index (χ2n) is 4.92. The zero-order valence-corrected chi connectivity index (χ0v) is 13.2. The predicted octanol–water partition coefficient (Wildman–Crippen LogP) is 2.42. The van der Waals surface area contributed by atoms with Crippen molar-refractivity contribution < 1.29 is 13.9 Å². The van der Waals surface area contributed by atoms with Crippen LogP contribution in [-0.2, 0) is 16.1 Å². The molecule has 0 radical (unpaired) electrons. The maximum Gasteiger partial charge on any atom is 0.325 e. The predicted molar refractivity (Wildman–Crippen MR) is 86.2 cm³/mol. The minimum atomic E-state index is -0.630. The summed E-state index contributed by atoms with van der Waals surface area (Å²) in [6.45, 7) is -0.362. The van der Waals surface area contributed by atoms with Gasteiger partial charge >= 0.3 is 5.97 Å². The lowest BCUT2D eigenvalue weighted by Crippen LogP contribution is -2.27. The van der Waals surface area contributed by atoms with Crippen LogP contribution < -0.4 is 5.56 Å². The quantitative estimate of drug-likeness (QED) is 0.537. The number of pyridine rings is 1. The Hall–Kier alpha value is -2.80. The fourth-order valence-corrected chi connectivity index (χ4v) is 2.41. The van der Waals surface area contributed by atoms with Gasteiger partial charge in [-0.1, -0.05) is 0 Å². The molecule has 0 saturated heterocycles. The lowest BCUT2D eigenvalue weighted by molar-refractivity contribution is -0.141. The minimum Gasteiger partial charge on any atom is -0.468 e. The third-order valence-corrected chi connectivity index (χ3v) is 3.70. The highest BCUT2D eigenvalue weighted by Crippen LogP contribution is 2.20. The number of halogens is 2. The molecule has 122 valence electrons. The standard InChI is InChI=1S/C16H11ClFN3O3/c1-24-13(22)8-21-15(23)14-12(20-16(21)17)7-6-11(19-14)9-2-4-10(18)5-3-9/h2-7H,8H2,1H3. The van der Waals surface area contributed by atoms with Crippen LogP contribution in [0.1, 0.15) is 0 Å². The summed E-state index contributed by atoms with van der Waals surface area (Å²) < 4.78 is 18.6. The Labute approximate surface area is 140 Å². The fraction of sp³-hybridized carbons (Fsp3) is 0.125. The lowest BCUT2D eigenvalue weighted by Gasteiger charge is -2.08. The van der Waals surface area contributed by atoms with Crippen LogP contribution in [0.2, 0.25) is 5.28 Å². The van der Waals surface area contributed by atoms with Crippen molar-refractivity contribution in [3.63, 3.8) is 0 Å². The normalized spacial score (nSPS) is 10.8. The van der Waals surface area contributed by atoms with Gasteiger partial charge in [-0.05, 0) is 48.0 Å². The molecule has 0 saturated carbocycles. The van der Waals surface area contributed by atoms with Crippen molar-refractivity contribution in [1.82, 2.24) is 14.5 Å². The number of benzene rings is 1. The molecule has 0 amide bonds. The molecule has 8 heteroatoms. The topological polar surface area (TPSA) is 74.1 Å². The van der Waals surface area contributed by atoms with E-state index in [9.17, 15) is 14.0 Å². The van der Waals surface area contributed by atoms with Crippen LogP contribution >= 0.6 is 11.6 Å². The summed E-state index contributed by atoms with van der Waals surface area (Å²) in [4.78, 5) is 32.3. The molecule has 0 unspecified atom stereocenters. The Kier molecular flexibility index (Phi) is 4.26. The molecule has 2 aromatic heterocycles. The Balaban J connectivity index is 2.16. The highest BCUT2D eigenvalue weighted by molar-refractivity contribution is 6.28. The summed E-state index contributed by atoms with van der Waals surface area (Å²) in [7, 11) is 1.21. The Morgan fingerprint density at radius 1 is 1.21 bits per heavy atom. The molecule has 0 aliphatic rings. The van der Waals surface area contributed by atoms with Gasteiger partial charge in [0.05, 0.1) is 18.3 Å². The average Bonchev–Trinajstić information content (AvgIpc) is 2.59. The van der Waals surface area contributed by atoms with Crippen molar-refractivity contribution in [2.24, 2.45) is 0 Å². The maximum absolute atomic E-state index is 13.0. The van der Waals surface area contributed by atoms with Crippen LogP contribution in [0.5, 0.6) is 0 Å². The van der Waals surface area contributed by atoms with Crippen molar-refractivity contribution in [3.8, 4) is 11.3 Å². The van der Waals surface area contributed by atoms with E-state index in [1.165, 1.54) is 19.2 Å². The third-order valence-electron chi connectivity index (χ3n) is 3.41. The van der Waals surface area contributed by atoms with Gasteiger partial charge in [-0.2, -0.15) is 0 Å². The summed E-state index contributed by atoms with van der Waals surface area (Å²) in [5, 5.41) is -0.130. The molecule has 0 bridgehead atoms. The number of ether oxygens (including phenoxy) is 1. The smallest absolute Gasteiger partial charge is 0.325 e. The Bertz CT molecular complexity index is 986. The summed E-state index contributed by atoms with van der Waals surface area (Å²) >= 11 is 5.96. The van der Waals surface area contributed by atoms with E-state index in [2.05, 4.69) is 14.7 Å². The van der Waals surface area contributed by atoms with Crippen molar-refractivity contribution in [2.75, 3.05) is 7.11 Å². The van der Waals surface area contributed by atoms with Crippen molar-refractivity contribution in [1.29, 1.82) is 0 Å². The first-order chi connectivity index (χ1) is 11.5.